The zero-order valence-corrected chi connectivity index (χ0v) is 10.8. The molecule has 1 saturated carbocycles. The number of rotatable bonds is 1. The van der Waals surface area contributed by atoms with Gasteiger partial charge < -0.3 is 5.73 Å². The highest BCUT2D eigenvalue weighted by Gasteiger charge is 2.33. The van der Waals surface area contributed by atoms with Gasteiger partial charge in [-0.15, -0.1) is 0 Å². The lowest BCUT2D eigenvalue weighted by Gasteiger charge is -2.39. The van der Waals surface area contributed by atoms with E-state index in [0.29, 0.717) is 11.5 Å². The molecule has 2 N–H and O–H groups in total. The Balaban J connectivity index is 2.24. The van der Waals surface area contributed by atoms with E-state index in [0.717, 1.165) is 17.4 Å². The van der Waals surface area contributed by atoms with Gasteiger partial charge in [-0.05, 0) is 37.5 Å². The maximum absolute atomic E-state index is 6.01. The predicted octanol–water partition coefficient (Wildman–Crippen LogP) is 3.16. The van der Waals surface area contributed by atoms with Crippen LogP contribution in [0.3, 0.4) is 0 Å². The van der Waals surface area contributed by atoms with Crippen LogP contribution >= 0.6 is 0 Å². The van der Waals surface area contributed by atoms with Gasteiger partial charge in [0, 0.05) is 6.07 Å². The highest BCUT2D eigenvalue weighted by atomic mass is 15.3. The van der Waals surface area contributed by atoms with Crippen LogP contribution in [-0.4, -0.2) is 9.78 Å². The van der Waals surface area contributed by atoms with Crippen LogP contribution in [-0.2, 0) is 0 Å². The van der Waals surface area contributed by atoms with Gasteiger partial charge in [0.2, 0.25) is 0 Å². The molecule has 0 aromatic carbocycles. The van der Waals surface area contributed by atoms with Crippen LogP contribution in [0.5, 0.6) is 0 Å². The quantitative estimate of drug-likeness (QED) is 0.791. The van der Waals surface area contributed by atoms with Gasteiger partial charge in [0.1, 0.15) is 5.82 Å². The van der Waals surface area contributed by atoms with Crippen molar-refractivity contribution in [1.29, 1.82) is 0 Å². The Hall–Kier alpha value is -0.990. The van der Waals surface area contributed by atoms with Crippen LogP contribution in [0.1, 0.15) is 51.8 Å². The first kappa shape index (κ1) is 11.5. The summed E-state index contributed by atoms with van der Waals surface area (Å²) in [5.41, 5.74) is 7.44. The van der Waals surface area contributed by atoms with Crippen LogP contribution in [0.15, 0.2) is 6.07 Å². The molecule has 1 aromatic rings. The van der Waals surface area contributed by atoms with Crippen molar-refractivity contribution in [2.75, 3.05) is 5.73 Å². The van der Waals surface area contributed by atoms with Crippen molar-refractivity contribution in [3.63, 3.8) is 0 Å². The molecule has 16 heavy (non-hydrogen) atoms. The fraction of sp³-hybridized carbons (Fsp3) is 0.769. The minimum absolute atomic E-state index is 0.411. The summed E-state index contributed by atoms with van der Waals surface area (Å²) in [5, 5.41) is 4.53. The van der Waals surface area contributed by atoms with Crippen LogP contribution < -0.4 is 5.73 Å². The summed E-state index contributed by atoms with van der Waals surface area (Å²) in [4.78, 5) is 0. The summed E-state index contributed by atoms with van der Waals surface area (Å²) in [5.74, 6) is 1.57. The summed E-state index contributed by atoms with van der Waals surface area (Å²) < 4.78 is 2.03. The fourth-order valence-corrected chi connectivity index (χ4v) is 3.31. The molecule has 1 aromatic heterocycles. The molecular weight excluding hydrogens is 198 g/mol. The number of anilines is 1. The lowest BCUT2D eigenvalue weighted by atomic mass is 9.70. The Morgan fingerprint density at radius 2 is 2.12 bits per heavy atom. The zero-order valence-electron chi connectivity index (χ0n) is 10.8. The van der Waals surface area contributed by atoms with E-state index in [-0.39, 0.29) is 0 Å². The first-order valence-corrected chi connectivity index (χ1v) is 6.19. The van der Waals surface area contributed by atoms with Crippen LogP contribution in [0, 0.1) is 18.3 Å². The van der Waals surface area contributed by atoms with Crippen molar-refractivity contribution in [2.45, 2.75) is 53.0 Å². The highest BCUT2D eigenvalue weighted by Crippen LogP contribution is 2.44. The van der Waals surface area contributed by atoms with Crippen LogP contribution in [0.2, 0.25) is 0 Å². The van der Waals surface area contributed by atoms with Gasteiger partial charge in [0.15, 0.2) is 0 Å². The second kappa shape index (κ2) is 3.79. The molecule has 2 atom stereocenters. The Labute approximate surface area is 98.0 Å². The monoisotopic (exact) mass is 221 g/mol. The second-order valence-electron chi connectivity index (χ2n) is 6.22. The molecule has 1 heterocycles. The summed E-state index contributed by atoms with van der Waals surface area (Å²) >= 11 is 0. The molecule has 0 radical (unpaired) electrons. The summed E-state index contributed by atoms with van der Waals surface area (Å²) in [7, 11) is 0. The van der Waals surface area contributed by atoms with Gasteiger partial charge >= 0.3 is 0 Å². The minimum atomic E-state index is 0.411. The third-order valence-electron chi connectivity index (χ3n) is 3.60. The number of nitrogen functional groups attached to an aromatic ring is 1. The van der Waals surface area contributed by atoms with Gasteiger partial charge in [-0.2, -0.15) is 5.10 Å². The lowest BCUT2D eigenvalue weighted by molar-refractivity contribution is 0.131. The molecule has 1 fully saturated rings. The first-order valence-electron chi connectivity index (χ1n) is 6.19. The maximum Gasteiger partial charge on any atom is 0.122 e. The van der Waals surface area contributed by atoms with Gasteiger partial charge in [0.25, 0.3) is 0 Å². The topological polar surface area (TPSA) is 43.8 Å². The molecule has 0 amide bonds. The predicted molar refractivity (Wildman–Crippen MR) is 67.2 cm³/mol. The Morgan fingerprint density at radius 1 is 1.44 bits per heavy atom. The van der Waals surface area contributed by atoms with E-state index in [4.69, 9.17) is 5.73 Å². The number of nitrogens with two attached hydrogens (primary N) is 1. The van der Waals surface area contributed by atoms with E-state index >= 15 is 0 Å². The van der Waals surface area contributed by atoms with Crippen LogP contribution in [0.25, 0.3) is 0 Å². The average Bonchev–Trinajstić information content (AvgIpc) is 2.41. The molecule has 2 unspecified atom stereocenters. The fourth-order valence-electron chi connectivity index (χ4n) is 3.31. The van der Waals surface area contributed by atoms with Crippen molar-refractivity contribution in [3.05, 3.63) is 11.8 Å². The summed E-state index contributed by atoms with van der Waals surface area (Å²) in [6, 6.07) is 2.44. The molecule has 0 saturated heterocycles. The van der Waals surface area contributed by atoms with E-state index in [9.17, 15) is 0 Å². The molecule has 2 rings (SSSR count). The van der Waals surface area contributed by atoms with Crippen molar-refractivity contribution in [1.82, 2.24) is 9.78 Å². The summed E-state index contributed by atoms with van der Waals surface area (Å²) in [6.45, 7) is 9.04. The summed E-state index contributed by atoms with van der Waals surface area (Å²) in [6.07, 6.45) is 3.70. The Bertz CT molecular complexity index is 379. The van der Waals surface area contributed by atoms with Crippen LogP contribution in [0.4, 0.5) is 5.82 Å². The van der Waals surface area contributed by atoms with Gasteiger partial charge in [0.05, 0.1) is 11.7 Å². The SMILES string of the molecule is Cc1cc(N)n(C2CC(C)CC(C)(C)C2)n1. The van der Waals surface area contributed by atoms with E-state index in [1.165, 1.54) is 19.3 Å². The molecule has 3 heteroatoms. The zero-order chi connectivity index (χ0) is 11.9. The smallest absolute Gasteiger partial charge is 0.122 e. The normalized spacial score (nSPS) is 29.2. The number of aryl methyl sites for hydroxylation is 1. The average molecular weight is 221 g/mol. The molecule has 1 aliphatic carbocycles. The highest BCUT2D eigenvalue weighted by molar-refractivity contribution is 5.31. The van der Waals surface area contributed by atoms with E-state index in [2.05, 4.69) is 25.9 Å². The first-order chi connectivity index (χ1) is 7.37. The molecule has 1 aliphatic rings. The number of hydrogen-bond donors (Lipinski definition) is 1. The number of aromatic nitrogens is 2. The Morgan fingerprint density at radius 3 is 2.62 bits per heavy atom. The third-order valence-corrected chi connectivity index (χ3v) is 3.60. The Kier molecular flexibility index (Phi) is 2.72. The van der Waals surface area contributed by atoms with E-state index < -0.39 is 0 Å². The molecule has 90 valence electrons. The molecule has 0 aliphatic heterocycles. The molecular formula is C13H23N3. The second-order valence-corrected chi connectivity index (χ2v) is 6.22. The van der Waals surface area contributed by atoms with Crippen molar-refractivity contribution >= 4 is 5.82 Å². The molecule has 3 nitrogen and oxygen atoms in total. The van der Waals surface area contributed by atoms with E-state index in [1.54, 1.807) is 0 Å². The van der Waals surface area contributed by atoms with Crippen molar-refractivity contribution in [3.8, 4) is 0 Å². The standard InChI is InChI=1S/C13H23N3/c1-9-5-11(8-13(3,4)7-9)16-12(14)6-10(2)15-16/h6,9,11H,5,7-8,14H2,1-4H3. The minimum Gasteiger partial charge on any atom is -0.384 e. The van der Waals surface area contributed by atoms with Gasteiger partial charge in [-0.3, -0.25) is 0 Å². The lowest BCUT2D eigenvalue weighted by Crippen LogP contribution is -2.30. The molecule has 0 bridgehead atoms. The molecule has 0 spiro atoms. The third kappa shape index (κ3) is 2.23. The van der Waals surface area contributed by atoms with Crippen molar-refractivity contribution in [2.24, 2.45) is 11.3 Å². The van der Waals surface area contributed by atoms with Crippen molar-refractivity contribution < 1.29 is 0 Å². The number of hydrogen-bond acceptors (Lipinski definition) is 2. The van der Waals surface area contributed by atoms with E-state index in [1.807, 2.05) is 17.7 Å². The number of nitrogens with zero attached hydrogens (tertiary/aromatic N) is 2. The van der Waals surface area contributed by atoms with Gasteiger partial charge in [-0.25, -0.2) is 4.68 Å². The largest absolute Gasteiger partial charge is 0.384 e. The van der Waals surface area contributed by atoms with Gasteiger partial charge in [-0.1, -0.05) is 20.8 Å². The maximum atomic E-state index is 6.01.